The second-order valence-corrected chi connectivity index (χ2v) is 4.81. The first-order chi connectivity index (χ1) is 10.4. The van der Waals surface area contributed by atoms with Gasteiger partial charge in [-0.1, -0.05) is 11.6 Å². The Morgan fingerprint density at radius 3 is 2.45 bits per heavy atom. The van der Waals surface area contributed by atoms with E-state index >= 15 is 0 Å². The van der Waals surface area contributed by atoms with Gasteiger partial charge in [0, 0.05) is 10.6 Å². The van der Waals surface area contributed by atoms with Gasteiger partial charge in [0.1, 0.15) is 17.0 Å². The second-order valence-electron chi connectivity index (χ2n) is 4.37. The number of anilines is 1. The fourth-order valence-corrected chi connectivity index (χ4v) is 1.88. The molecule has 0 saturated heterocycles. The SMILES string of the molecule is COC(=O)c1cc(NC(=O)c2ccc(Cl)cc2)c(=O)oc1C. The number of hydrogen-bond acceptors (Lipinski definition) is 5. The maximum Gasteiger partial charge on any atom is 0.359 e. The predicted molar refractivity (Wildman–Crippen MR) is 80.5 cm³/mol. The molecule has 0 saturated carbocycles. The molecule has 2 aromatic rings. The predicted octanol–water partition coefficient (Wildman–Crippen LogP) is 2.64. The third kappa shape index (κ3) is 3.35. The highest BCUT2D eigenvalue weighted by molar-refractivity contribution is 6.30. The van der Waals surface area contributed by atoms with Crippen LogP contribution in [0.1, 0.15) is 26.5 Å². The van der Waals surface area contributed by atoms with Gasteiger partial charge in [0.25, 0.3) is 5.91 Å². The van der Waals surface area contributed by atoms with Crippen LogP contribution in [0.25, 0.3) is 0 Å². The van der Waals surface area contributed by atoms with Gasteiger partial charge in [0.15, 0.2) is 0 Å². The van der Waals surface area contributed by atoms with Gasteiger partial charge in [-0.2, -0.15) is 0 Å². The maximum atomic E-state index is 12.1. The Morgan fingerprint density at radius 1 is 1.23 bits per heavy atom. The molecule has 0 fully saturated rings. The van der Waals surface area contributed by atoms with Crippen LogP contribution in [0.2, 0.25) is 5.02 Å². The summed E-state index contributed by atoms with van der Waals surface area (Å²) in [6.45, 7) is 1.46. The monoisotopic (exact) mass is 321 g/mol. The Hall–Kier alpha value is -2.60. The highest BCUT2D eigenvalue weighted by Gasteiger charge is 2.17. The zero-order valence-electron chi connectivity index (χ0n) is 11.8. The molecule has 1 N–H and O–H groups in total. The van der Waals surface area contributed by atoms with Crippen LogP contribution in [0.4, 0.5) is 5.69 Å². The third-order valence-electron chi connectivity index (χ3n) is 2.89. The first-order valence-corrected chi connectivity index (χ1v) is 6.60. The smallest absolute Gasteiger partial charge is 0.359 e. The number of carbonyl (C=O) groups is 2. The standard InChI is InChI=1S/C15H12ClNO5/c1-8-11(14(19)21-2)7-12(15(20)22-8)17-13(18)9-3-5-10(16)6-4-9/h3-7H,1-2H3,(H,17,18). The molecule has 22 heavy (non-hydrogen) atoms. The molecule has 1 aromatic carbocycles. The molecule has 1 amide bonds. The number of hydrogen-bond donors (Lipinski definition) is 1. The van der Waals surface area contributed by atoms with E-state index in [1.807, 2.05) is 0 Å². The van der Waals surface area contributed by atoms with E-state index in [0.29, 0.717) is 10.6 Å². The van der Waals surface area contributed by atoms with Crippen LogP contribution in [0.5, 0.6) is 0 Å². The number of aryl methyl sites for hydroxylation is 1. The Labute approximate surface area is 130 Å². The van der Waals surface area contributed by atoms with Crippen molar-refractivity contribution in [2.45, 2.75) is 6.92 Å². The largest absolute Gasteiger partial charge is 0.465 e. The quantitative estimate of drug-likeness (QED) is 0.878. The molecule has 0 aliphatic rings. The summed E-state index contributed by atoms with van der Waals surface area (Å²) in [7, 11) is 1.21. The lowest BCUT2D eigenvalue weighted by atomic mass is 10.2. The van der Waals surface area contributed by atoms with Crippen molar-refractivity contribution in [3.8, 4) is 0 Å². The van der Waals surface area contributed by atoms with Crippen molar-refractivity contribution in [1.29, 1.82) is 0 Å². The molecule has 0 atom stereocenters. The van der Waals surface area contributed by atoms with Crippen LogP contribution >= 0.6 is 11.6 Å². The zero-order chi connectivity index (χ0) is 16.3. The number of methoxy groups -OCH3 is 1. The lowest BCUT2D eigenvalue weighted by Gasteiger charge is -2.07. The van der Waals surface area contributed by atoms with Gasteiger partial charge in [-0.15, -0.1) is 0 Å². The molecular weight excluding hydrogens is 310 g/mol. The average Bonchev–Trinajstić information content (AvgIpc) is 2.49. The molecule has 0 unspecified atom stereocenters. The Balaban J connectivity index is 2.33. The molecule has 114 valence electrons. The molecule has 0 spiro atoms. The number of benzene rings is 1. The van der Waals surface area contributed by atoms with Gasteiger partial charge < -0.3 is 14.5 Å². The number of carbonyl (C=O) groups excluding carboxylic acids is 2. The van der Waals surface area contributed by atoms with Crippen molar-refractivity contribution >= 4 is 29.2 Å². The van der Waals surface area contributed by atoms with E-state index < -0.39 is 17.5 Å². The summed E-state index contributed by atoms with van der Waals surface area (Å²) in [4.78, 5) is 35.4. The number of esters is 1. The molecule has 0 radical (unpaired) electrons. The molecular formula is C15H12ClNO5. The van der Waals surface area contributed by atoms with E-state index in [4.69, 9.17) is 16.0 Å². The van der Waals surface area contributed by atoms with E-state index in [-0.39, 0.29) is 17.0 Å². The Morgan fingerprint density at radius 2 is 1.86 bits per heavy atom. The summed E-state index contributed by atoms with van der Waals surface area (Å²) in [5.74, 6) is -1.08. The van der Waals surface area contributed by atoms with Crippen LogP contribution in [0, 0.1) is 6.92 Å². The van der Waals surface area contributed by atoms with Gasteiger partial charge >= 0.3 is 11.6 Å². The van der Waals surface area contributed by atoms with Crippen LogP contribution < -0.4 is 10.9 Å². The van der Waals surface area contributed by atoms with Gasteiger partial charge in [-0.05, 0) is 37.3 Å². The summed E-state index contributed by atoms with van der Waals surface area (Å²) in [6, 6.07) is 7.34. The molecule has 0 aliphatic heterocycles. The van der Waals surface area contributed by atoms with Gasteiger partial charge in [0.2, 0.25) is 0 Å². The maximum absolute atomic E-state index is 12.1. The minimum atomic E-state index is -0.757. The number of ether oxygens (including phenoxy) is 1. The summed E-state index contributed by atoms with van der Waals surface area (Å²) in [6.07, 6.45) is 0. The fraction of sp³-hybridized carbons (Fsp3) is 0.133. The van der Waals surface area contributed by atoms with Crippen molar-refractivity contribution < 1.29 is 18.7 Å². The van der Waals surface area contributed by atoms with Gasteiger partial charge in [-0.25, -0.2) is 9.59 Å². The average molecular weight is 322 g/mol. The number of amides is 1. The van der Waals surface area contributed by atoms with E-state index in [9.17, 15) is 14.4 Å². The highest BCUT2D eigenvalue weighted by atomic mass is 35.5. The third-order valence-corrected chi connectivity index (χ3v) is 3.15. The number of halogens is 1. The number of rotatable bonds is 3. The lowest BCUT2D eigenvalue weighted by molar-refractivity contribution is 0.0596. The minimum absolute atomic E-state index is 0.0634. The summed E-state index contributed by atoms with van der Waals surface area (Å²) < 4.78 is 9.51. The van der Waals surface area contributed by atoms with Crippen LogP contribution in [-0.4, -0.2) is 19.0 Å². The van der Waals surface area contributed by atoms with Crippen LogP contribution in [0.15, 0.2) is 39.5 Å². The van der Waals surface area contributed by atoms with Crippen molar-refractivity contribution in [3.05, 3.63) is 62.7 Å². The fourth-order valence-electron chi connectivity index (χ4n) is 1.75. The Bertz CT molecular complexity index is 780. The van der Waals surface area contributed by atoms with E-state index in [2.05, 4.69) is 10.1 Å². The van der Waals surface area contributed by atoms with Gasteiger partial charge in [-0.3, -0.25) is 4.79 Å². The molecule has 1 heterocycles. The molecule has 2 rings (SSSR count). The first kappa shape index (κ1) is 15.8. The van der Waals surface area contributed by atoms with Crippen molar-refractivity contribution in [2.75, 3.05) is 12.4 Å². The van der Waals surface area contributed by atoms with E-state index in [0.717, 1.165) is 0 Å². The molecule has 0 bridgehead atoms. The van der Waals surface area contributed by atoms with Crippen molar-refractivity contribution in [1.82, 2.24) is 0 Å². The van der Waals surface area contributed by atoms with Crippen molar-refractivity contribution in [3.63, 3.8) is 0 Å². The minimum Gasteiger partial charge on any atom is -0.465 e. The summed E-state index contributed by atoms with van der Waals surface area (Å²) in [5.41, 5.74) is -0.532. The molecule has 0 aliphatic carbocycles. The van der Waals surface area contributed by atoms with E-state index in [1.165, 1.54) is 32.2 Å². The second kappa shape index (κ2) is 6.44. The number of nitrogens with one attached hydrogen (secondary N) is 1. The zero-order valence-corrected chi connectivity index (χ0v) is 12.6. The van der Waals surface area contributed by atoms with Gasteiger partial charge in [0.05, 0.1) is 7.11 Å². The normalized spacial score (nSPS) is 10.1. The molecule has 1 aromatic heterocycles. The van der Waals surface area contributed by atoms with Crippen LogP contribution in [0.3, 0.4) is 0 Å². The summed E-state index contributed by atoms with van der Waals surface area (Å²) in [5, 5.41) is 2.88. The lowest BCUT2D eigenvalue weighted by Crippen LogP contribution is -2.19. The Kier molecular flexibility index (Phi) is 4.62. The first-order valence-electron chi connectivity index (χ1n) is 6.22. The highest BCUT2D eigenvalue weighted by Crippen LogP contribution is 2.14. The topological polar surface area (TPSA) is 85.6 Å². The van der Waals surface area contributed by atoms with Crippen LogP contribution in [-0.2, 0) is 4.74 Å². The molecule has 7 heteroatoms. The van der Waals surface area contributed by atoms with E-state index in [1.54, 1.807) is 12.1 Å². The molecule has 6 nitrogen and oxygen atoms in total. The summed E-state index contributed by atoms with van der Waals surface area (Å²) >= 11 is 5.74. The van der Waals surface area contributed by atoms with Crippen molar-refractivity contribution in [2.24, 2.45) is 0 Å².